The first-order chi connectivity index (χ1) is 13.5. The number of rotatable bonds is 5. The Balaban J connectivity index is 1.97. The Morgan fingerprint density at radius 1 is 1.10 bits per heavy atom. The zero-order valence-electron chi connectivity index (χ0n) is 16.8. The molecule has 0 bridgehead atoms. The second kappa shape index (κ2) is 8.09. The molecule has 0 aliphatic heterocycles. The SMILES string of the molecule is Cn1cc(-c2ccc(Cl)nc2Cc2ccc(Cl)c(CS(=O)(=O)C(C)(C)C)c2)cn1. The zero-order chi connectivity index (χ0) is 21.4. The van der Waals surface area contributed by atoms with E-state index >= 15 is 0 Å². The molecule has 29 heavy (non-hydrogen) atoms. The average Bonchev–Trinajstić information content (AvgIpc) is 3.03. The molecule has 0 N–H and O–H groups in total. The summed E-state index contributed by atoms with van der Waals surface area (Å²) in [4.78, 5) is 4.50. The maximum Gasteiger partial charge on any atom is 0.159 e. The van der Waals surface area contributed by atoms with Gasteiger partial charge in [0.1, 0.15) is 5.15 Å². The van der Waals surface area contributed by atoms with Gasteiger partial charge in [-0.1, -0.05) is 35.3 Å². The van der Waals surface area contributed by atoms with Crippen LogP contribution >= 0.6 is 23.2 Å². The van der Waals surface area contributed by atoms with E-state index in [-0.39, 0.29) is 5.75 Å². The molecule has 2 aromatic heterocycles. The number of hydrogen-bond donors (Lipinski definition) is 0. The van der Waals surface area contributed by atoms with E-state index in [1.54, 1.807) is 43.8 Å². The van der Waals surface area contributed by atoms with E-state index in [2.05, 4.69) is 10.1 Å². The van der Waals surface area contributed by atoms with Gasteiger partial charge in [-0.3, -0.25) is 4.68 Å². The van der Waals surface area contributed by atoms with Gasteiger partial charge in [0.05, 0.1) is 22.4 Å². The molecule has 0 atom stereocenters. The third kappa shape index (κ3) is 5.00. The van der Waals surface area contributed by atoms with Gasteiger partial charge in [-0.15, -0.1) is 0 Å². The lowest BCUT2D eigenvalue weighted by Crippen LogP contribution is -2.29. The van der Waals surface area contributed by atoms with Crippen molar-refractivity contribution in [3.63, 3.8) is 0 Å². The summed E-state index contributed by atoms with van der Waals surface area (Å²) in [5.74, 6) is -0.110. The molecule has 0 saturated heterocycles. The molecule has 3 aromatic rings. The predicted molar refractivity (Wildman–Crippen MR) is 118 cm³/mol. The minimum absolute atomic E-state index is 0.110. The van der Waals surface area contributed by atoms with Crippen molar-refractivity contribution in [1.82, 2.24) is 14.8 Å². The van der Waals surface area contributed by atoms with Gasteiger partial charge >= 0.3 is 0 Å². The number of halogens is 2. The van der Waals surface area contributed by atoms with Crippen LogP contribution in [0.3, 0.4) is 0 Å². The van der Waals surface area contributed by atoms with Crippen LogP contribution in [0.4, 0.5) is 0 Å². The van der Waals surface area contributed by atoms with E-state index in [0.29, 0.717) is 22.2 Å². The van der Waals surface area contributed by atoms with Gasteiger partial charge < -0.3 is 0 Å². The highest BCUT2D eigenvalue weighted by atomic mass is 35.5. The minimum Gasteiger partial charge on any atom is -0.275 e. The molecule has 0 spiro atoms. The number of aryl methyl sites for hydroxylation is 1. The highest BCUT2D eigenvalue weighted by Gasteiger charge is 2.29. The number of hydrogen-bond acceptors (Lipinski definition) is 4. The molecule has 0 aliphatic carbocycles. The van der Waals surface area contributed by atoms with E-state index in [1.807, 2.05) is 31.4 Å². The van der Waals surface area contributed by atoms with Crippen LogP contribution in [0, 0.1) is 0 Å². The predicted octanol–water partition coefficient (Wildman–Crippen LogP) is 5.09. The summed E-state index contributed by atoms with van der Waals surface area (Å²) >= 11 is 12.4. The number of benzene rings is 1. The fourth-order valence-corrected chi connectivity index (χ4v) is 4.41. The Kier molecular flexibility index (Phi) is 6.08. The Morgan fingerprint density at radius 3 is 2.45 bits per heavy atom. The van der Waals surface area contributed by atoms with Gasteiger partial charge in [-0.2, -0.15) is 5.10 Å². The Labute approximate surface area is 181 Å². The fourth-order valence-electron chi connectivity index (χ4n) is 2.90. The third-order valence-corrected chi connectivity index (χ3v) is 7.85. The van der Waals surface area contributed by atoms with Crippen molar-refractivity contribution in [3.05, 3.63) is 69.7 Å². The standard InChI is InChI=1S/C21H23Cl2N3O2S/c1-21(2,3)29(27,28)13-15-9-14(5-7-18(15)22)10-19-17(6-8-20(23)25-19)16-11-24-26(4)12-16/h5-9,11-12H,10,13H2,1-4H3. The second-order valence-corrected chi connectivity index (χ2v) is 11.5. The first-order valence-corrected chi connectivity index (χ1v) is 11.5. The number of aromatic nitrogens is 3. The highest BCUT2D eigenvalue weighted by molar-refractivity contribution is 7.91. The van der Waals surface area contributed by atoms with E-state index in [9.17, 15) is 8.42 Å². The van der Waals surface area contributed by atoms with E-state index in [1.165, 1.54) is 0 Å². The lowest BCUT2D eigenvalue weighted by Gasteiger charge is -2.20. The van der Waals surface area contributed by atoms with Gasteiger partial charge in [0.15, 0.2) is 9.84 Å². The molecule has 0 radical (unpaired) electrons. The van der Waals surface area contributed by atoms with Gasteiger partial charge in [-0.05, 0) is 50.1 Å². The quantitative estimate of drug-likeness (QED) is 0.506. The zero-order valence-corrected chi connectivity index (χ0v) is 19.1. The molecule has 2 heterocycles. The van der Waals surface area contributed by atoms with Crippen molar-refractivity contribution in [1.29, 1.82) is 0 Å². The largest absolute Gasteiger partial charge is 0.275 e. The number of sulfone groups is 1. The van der Waals surface area contributed by atoms with Crippen LogP contribution in [0.1, 0.15) is 37.6 Å². The summed E-state index contributed by atoms with van der Waals surface area (Å²) in [6.07, 6.45) is 4.18. The van der Waals surface area contributed by atoms with E-state index in [4.69, 9.17) is 23.2 Å². The Morgan fingerprint density at radius 2 is 1.83 bits per heavy atom. The molecule has 0 saturated carbocycles. The first-order valence-electron chi connectivity index (χ1n) is 9.10. The summed E-state index contributed by atoms with van der Waals surface area (Å²) in [5.41, 5.74) is 4.16. The topological polar surface area (TPSA) is 64.8 Å². The van der Waals surface area contributed by atoms with Crippen molar-refractivity contribution in [2.75, 3.05) is 0 Å². The fraction of sp³-hybridized carbons (Fsp3) is 0.333. The Bertz CT molecular complexity index is 1150. The number of pyridine rings is 1. The lowest BCUT2D eigenvalue weighted by molar-refractivity contribution is 0.559. The maximum absolute atomic E-state index is 12.6. The monoisotopic (exact) mass is 451 g/mol. The van der Waals surface area contributed by atoms with Gasteiger partial charge in [-0.25, -0.2) is 13.4 Å². The molecule has 0 amide bonds. The van der Waals surface area contributed by atoms with Gasteiger partial charge in [0.25, 0.3) is 0 Å². The molecule has 5 nitrogen and oxygen atoms in total. The van der Waals surface area contributed by atoms with Crippen LogP contribution in [0.25, 0.3) is 11.1 Å². The van der Waals surface area contributed by atoms with E-state index < -0.39 is 14.6 Å². The molecule has 154 valence electrons. The molecule has 0 aliphatic rings. The summed E-state index contributed by atoms with van der Waals surface area (Å²) in [5, 5.41) is 5.06. The number of nitrogens with zero attached hydrogens (tertiary/aromatic N) is 3. The summed E-state index contributed by atoms with van der Waals surface area (Å²) < 4.78 is 26.1. The lowest BCUT2D eigenvalue weighted by atomic mass is 10.0. The van der Waals surface area contributed by atoms with Crippen molar-refractivity contribution < 1.29 is 8.42 Å². The van der Waals surface area contributed by atoms with Gasteiger partial charge in [0, 0.05) is 35.8 Å². The second-order valence-electron chi connectivity index (χ2n) is 8.00. The third-order valence-electron chi connectivity index (χ3n) is 4.72. The molecule has 0 unspecified atom stereocenters. The van der Waals surface area contributed by atoms with Crippen LogP contribution in [0.2, 0.25) is 10.2 Å². The summed E-state index contributed by atoms with van der Waals surface area (Å²) in [6, 6.07) is 9.12. The van der Waals surface area contributed by atoms with Crippen molar-refractivity contribution >= 4 is 33.0 Å². The minimum atomic E-state index is -3.35. The molecular weight excluding hydrogens is 429 g/mol. The maximum atomic E-state index is 12.6. The van der Waals surface area contributed by atoms with Crippen molar-refractivity contribution in [2.24, 2.45) is 7.05 Å². The normalized spacial score (nSPS) is 12.3. The molecule has 3 rings (SSSR count). The van der Waals surface area contributed by atoms with Crippen LogP contribution in [-0.2, 0) is 29.1 Å². The van der Waals surface area contributed by atoms with Crippen LogP contribution in [0.5, 0.6) is 0 Å². The highest BCUT2D eigenvalue weighted by Crippen LogP contribution is 2.29. The Hall–Kier alpha value is -1.89. The van der Waals surface area contributed by atoms with Crippen molar-refractivity contribution in [3.8, 4) is 11.1 Å². The average molecular weight is 452 g/mol. The molecule has 1 aromatic carbocycles. The van der Waals surface area contributed by atoms with Gasteiger partial charge in [0.2, 0.25) is 0 Å². The molecule has 0 fully saturated rings. The van der Waals surface area contributed by atoms with Crippen LogP contribution < -0.4 is 0 Å². The molecule has 8 heteroatoms. The first kappa shape index (κ1) is 21.8. The van der Waals surface area contributed by atoms with E-state index in [0.717, 1.165) is 22.4 Å². The molecular formula is C21H23Cl2N3O2S. The smallest absolute Gasteiger partial charge is 0.159 e. The summed E-state index contributed by atoms with van der Waals surface area (Å²) in [7, 11) is -1.50. The van der Waals surface area contributed by atoms with Crippen LogP contribution in [0.15, 0.2) is 42.7 Å². The summed E-state index contributed by atoms with van der Waals surface area (Å²) in [6.45, 7) is 5.07. The van der Waals surface area contributed by atoms with Crippen molar-refractivity contribution in [2.45, 2.75) is 37.7 Å². The van der Waals surface area contributed by atoms with Crippen LogP contribution in [-0.4, -0.2) is 27.9 Å².